The van der Waals surface area contributed by atoms with Crippen molar-refractivity contribution in [2.45, 2.75) is 75.4 Å². The van der Waals surface area contributed by atoms with Crippen molar-refractivity contribution >= 4 is 28.6 Å². The minimum Gasteiger partial charge on any atom is -0.382 e. The maximum atomic E-state index is 6.65. The predicted molar refractivity (Wildman–Crippen MR) is 123 cm³/mol. The number of nitrogens with two attached hydrogens (primary N) is 1. The molecular weight excluding hydrogens is 446 g/mol. The third-order valence-electron chi connectivity index (χ3n) is 7.88. The molecule has 2 aromatic rings. The van der Waals surface area contributed by atoms with Gasteiger partial charge in [-0.15, -0.1) is 0 Å². The molecule has 33 heavy (non-hydrogen) atoms. The van der Waals surface area contributed by atoms with Crippen LogP contribution in [0.1, 0.15) is 45.8 Å². The van der Waals surface area contributed by atoms with Gasteiger partial charge < -0.3 is 24.8 Å². The smallest absolute Gasteiger partial charge is 0.226 e. The molecule has 0 radical (unpaired) electrons. The van der Waals surface area contributed by atoms with Gasteiger partial charge in [-0.05, 0) is 77.8 Å². The Morgan fingerprint density at radius 1 is 1.12 bits per heavy atom. The van der Waals surface area contributed by atoms with Crippen molar-refractivity contribution in [3.63, 3.8) is 0 Å². The van der Waals surface area contributed by atoms with Gasteiger partial charge in [-0.1, -0.05) is 0 Å². The molecule has 11 heteroatoms. The number of hydrogen-bond acceptors (Lipinski definition) is 9. The summed E-state index contributed by atoms with van der Waals surface area (Å²) in [4.78, 5) is 17.9. The van der Waals surface area contributed by atoms with Crippen LogP contribution in [0.4, 0.5) is 5.82 Å². The van der Waals surface area contributed by atoms with Crippen molar-refractivity contribution in [1.29, 1.82) is 0 Å². The Morgan fingerprint density at radius 3 is 2.67 bits per heavy atom. The largest absolute Gasteiger partial charge is 0.382 e. The number of hydrogen-bond donors (Lipinski definition) is 1. The average Bonchev–Trinajstić information content (AvgIpc) is 3.48. The quantitative estimate of drug-likeness (QED) is 0.665. The molecule has 6 heterocycles. The highest BCUT2D eigenvalue weighted by Crippen LogP contribution is 2.46. The number of nitrogens with zero attached hydrogens (tertiary/aromatic N) is 6. The highest BCUT2D eigenvalue weighted by molar-refractivity contribution is 6.28. The Bertz CT molecular complexity index is 1050. The molecule has 4 atom stereocenters. The molecule has 0 aliphatic carbocycles. The Balaban J connectivity index is 1.30. The molecular formula is C22H32ClN7O3. The third-order valence-corrected chi connectivity index (χ3v) is 8.05. The SMILES string of the molecule is CN1CCC2(CCCN2C[C@H]2O[C@@H](n3cnc4c(N)nc(Cl)nc43)[C@@H]3OC(C)(C)O[C@@H]32)CC1. The second-order valence-electron chi connectivity index (χ2n) is 10.4. The van der Waals surface area contributed by atoms with Gasteiger partial charge in [-0.25, -0.2) is 4.98 Å². The van der Waals surface area contributed by atoms with Gasteiger partial charge in [0.15, 0.2) is 23.5 Å². The maximum Gasteiger partial charge on any atom is 0.226 e. The van der Waals surface area contributed by atoms with Crippen LogP contribution in [-0.2, 0) is 14.2 Å². The highest BCUT2D eigenvalue weighted by Gasteiger charge is 2.57. The lowest BCUT2D eigenvalue weighted by atomic mass is 9.85. The normalized spacial score (nSPS) is 33.9. The summed E-state index contributed by atoms with van der Waals surface area (Å²) in [6.45, 7) is 8.13. The Morgan fingerprint density at radius 2 is 1.88 bits per heavy atom. The number of ether oxygens (including phenoxy) is 3. The van der Waals surface area contributed by atoms with Crippen LogP contribution in [-0.4, -0.2) is 92.2 Å². The van der Waals surface area contributed by atoms with E-state index in [0.29, 0.717) is 11.2 Å². The van der Waals surface area contributed by atoms with E-state index < -0.39 is 12.0 Å². The molecule has 0 aromatic carbocycles. The summed E-state index contributed by atoms with van der Waals surface area (Å²) in [5.41, 5.74) is 7.34. The number of rotatable bonds is 3. The van der Waals surface area contributed by atoms with Gasteiger partial charge in [0.25, 0.3) is 0 Å². The van der Waals surface area contributed by atoms with Crippen LogP contribution in [0, 0.1) is 0 Å². The zero-order valence-electron chi connectivity index (χ0n) is 19.4. The van der Waals surface area contributed by atoms with Gasteiger partial charge in [0, 0.05) is 12.1 Å². The molecule has 0 saturated carbocycles. The zero-order chi connectivity index (χ0) is 23.0. The Kier molecular flexibility index (Phi) is 5.14. The van der Waals surface area contributed by atoms with Crippen molar-refractivity contribution in [3.05, 3.63) is 11.6 Å². The van der Waals surface area contributed by atoms with Gasteiger partial charge in [-0.3, -0.25) is 9.47 Å². The van der Waals surface area contributed by atoms with E-state index in [1.54, 1.807) is 6.33 Å². The lowest BCUT2D eigenvalue weighted by Gasteiger charge is -2.45. The summed E-state index contributed by atoms with van der Waals surface area (Å²) in [7, 11) is 2.21. The van der Waals surface area contributed by atoms with E-state index in [2.05, 4.69) is 31.8 Å². The van der Waals surface area contributed by atoms with Crippen LogP contribution in [0.3, 0.4) is 0 Å². The predicted octanol–water partition coefficient (Wildman–Crippen LogP) is 2.04. The maximum absolute atomic E-state index is 6.65. The molecule has 6 rings (SSSR count). The van der Waals surface area contributed by atoms with E-state index in [-0.39, 0.29) is 35.0 Å². The van der Waals surface area contributed by atoms with Gasteiger partial charge in [0.1, 0.15) is 23.8 Å². The van der Waals surface area contributed by atoms with Crippen LogP contribution in [0.2, 0.25) is 5.28 Å². The Hall–Kier alpha value is -1.56. The second-order valence-corrected chi connectivity index (χ2v) is 10.7. The molecule has 4 saturated heterocycles. The molecule has 0 bridgehead atoms. The standard InChI is InChI=1S/C22H32ClN7O3/c1-21(2)32-15-13(11-29-8-4-5-22(29)6-9-28(3)10-7-22)31-19(16(15)33-21)30-12-25-14-17(24)26-20(23)27-18(14)30/h12-13,15-16,19H,4-11H2,1-3H3,(H2,24,26,27)/t13-,15-,16-,19-/m1/s1. The molecule has 2 N–H and O–H groups in total. The number of imidazole rings is 1. The summed E-state index contributed by atoms with van der Waals surface area (Å²) in [5, 5.41) is 0.0815. The number of likely N-dealkylation sites (tertiary alicyclic amines) is 2. The first-order valence-electron chi connectivity index (χ1n) is 11.8. The first-order valence-corrected chi connectivity index (χ1v) is 12.2. The molecule has 4 fully saturated rings. The Labute approximate surface area is 198 Å². The average molecular weight is 478 g/mol. The summed E-state index contributed by atoms with van der Waals surface area (Å²) in [5.74, 6) is -0.437. The summed E-state index contributed by atoms with van der Waals surface area (Å²) in [6, 6.07) is 0. The van der Waals surface area contributed by atoms with Crippen LogP contribution in [0.15, 0.2) is 6.33 Å². The minimum absolute atomic E-state index is 0.0815. The first kappa shape index (κ1) is 21.9. The number of anilines is 1. The van der Waals surface area contributed by atoms with Crippen LogP contribution in [0.25, 0.3) is 11.2 Å². The van der Waals surface area contributed by atoms with E-state index in [1.807, 2.05) is 18.4 Å². The van der Waals surface area contributed by atoms with E-state index in [9.17, 15) is 0 Å². The van der Waals surface area contributed by atoms with Crippen molar-refractivity contribution < 1.29 is 14.2 Å². The lowest BCUT2D eigenvalue weighted by molar-refractivity contribution is -0.199. The molecule has 0 amide bonds. The van der Waals surface area contributed by atoms with E-state index in [0.717, 1.165) is 26.2 Å². The van der Waals surface area contributed by atoms with Gasteiger partial charge in [-0.2, -0.15) is 9.97 Å². The second kappa shape index (κ2) is 7.73. The molecule has 2 aromatic heterocycles. The molecule has 4 aliphatic rings. The van der Waals surface area contributed by atoms with Gasteiger partial charge >= 0.3 is 0 Å². The van der Waals surface area contributed by atoms with Crippen molar-refractivity contribution in [3.8, 4) is 0 Å². The molecule has 1 spiro atoms. The summed E-state index contributed by atoms with van der Waals surface area (Å²) < 4.78 is 21.2. The number of aromatic nitrogens is 4. The fourth-order valence-electron chi connectivity index (χ4n) is 6.22. The van der Waals surface area contributed by atoms with Gasteiger partial charge in [0.2, 0.25) is 5.28 Å². The van der Waals surface area contributed by atoms with Crippen molar-refractivity contribution in [1.82, 2.24) is 29.3 Å². The number of nitrogen functional groups attached to an aromatic ring is 1. The summed E-state index contributed by atoms with van der Waals surface area (Å²) >= 11 is 6.10. The van der Waals surface area contributed by atoms with Gasteiger partial charge in [0.05, 0.1) is 6.33 Å². The third kappa shape index (κ3) is 3.62. The fourth-order valence-corrected chi connectivity index (χ4v) is 6.40. The van der Waals surface area contributed by atoms with E-state index in [1.165, 1.54) is 25.7 Å². The fraction of sp³-hybridized carbons (Fsp3) is 0.773. The molecule has 180 valence electrons. The summed E-state index contributed by atoms with van der Waals surface area (Å²) in [6.07, 6.45) is 5.56. The first-order chi connectivity index (χ1) is 15.7. The number of fused-ring (bicyclic) bond motifs is 2. The van der Waals surface area contributed by atoms with Crippen LogP contribution >= 0.6 is 11.6 Å². The number of halogens is 1. The minimum atomic E-state index is -0.687. The lowest BCUT2D eigenvalue weighted by Crippen LogP contribution is -2.54. The van der Waals surface area contributed by atoms with Crippen LogP contribution in [0.5, 0.6) is 0 Å². The highest BCUT2D eigenvalue weighted by atomic mass is 35.5. The monoisotopic (exact) mass is 477 g/mol. The zero-order valence-corrected chi connectivity index (χ0v) is 20.2. The van der Waals surface area contributed by atoms with E-state index in [4.69, 9.17) is 31.5 Å². The van der Waals surface area contributed by atoms with E-state index >= 15 is 0 Å². The topological polar surface area (TPSA) is 104 Å². The number of piperidine rings is 1. The molecule has 0 unspecified atom stereocenters. The van der Waals surface area contributed by atoms with Crippen molar-refractivity contribution in [2.75, 3.05) is 39.0 Å². The van der Waals surface area contributed by atoms with Crippen molar-refractivity contribution in [2.24, 2.45) is 0 Å². The molecule has 4 aliphatic heterocycles. The molecule has 10 nitrogen and oxygen atoms in total. The van der Waals surface area contributed by atoms with Crippen LogP contribution < -0.4 is 5.73 Å².